The highest BCUT2D eigenvalue weighted by molar-refractivity contribution is 6.29. The van der Waals surface area contributed by atoms with Crippen molar-refractivity contribution in [2.75, 3.05) is 0 Å². The Morgan fingerprint density at radius 1 is 1.50 bits per heavy atom. The summed E-state index contributed by atoms with van der Waals surface area (Å²) in [5.41, 5.74) is 6.27. The largest absolute Gasteiger partial charge is 0.323 e. The van der Waals surface area contributed by atoms with Gasteiger partial charge in [0.15, 0.2) is 5.15 Å². The Morgan fingerprint density at radius 2 is 2.20 bits per heavy atom. The van der Waals surface area contributed by atoms with Crippen LogP contribution in [0.5, 0.6) is 0 Å². The summed E-state index contributed by atoms with van der Waals surface area (Å²) >= 11 is 5.50. The molecule has 3 nitrogen and oxygen atoms in total. The van der Waals surface area contributed by atoms with Crippen LogP contribution in [0.2, 0.25) is 5.15 Å². The van der Waals surface area contributed by atoms with Crippen LogP contribution < -0.4 is 5.73 Å². The highest BCUT2D eigenvalue weighted by Crippen LogP contribution is 2.06. The summed E-state index contributed by atoms with van der Waals surface area (Å²) in [7, 11) is 0. The van der Waals surface area contributed by atoms with E-state index in [0.29, 0.717) is 5.15 Å². The molecule has 0 aliphatic heterocycles. The van der Waals surface area contributed by atoms with Gasteiger partial charge in [0.25, 0.3) is 0 Å². The number of nitrogens with two attached hydrogens (primary N) is 1. The Kier molecular flexibility index (Phi) is 2.19. The summed E-state index contributed by atoms with van der Waals surface area (Å²) in [6, 6.07) is 3.36. The monoisotopic (exact) mass is 157 g/mol. The van der Waals surface area contributed by atoms with E-state index in [1.54, 1.807) is 12.1 Å². The molecule has 2 N–H and O–H groups in total. The van der Waals surface area contributed by atoms with Crippen LogP contribution in [0.1, 0.15) is 18.7 Å². The number of hydrogen-bond donors (Lipinski definition) is 1. The van der Waals surface area contributed by atoms with Crippen molar-refractivity contribution in [1.29, 1.82) is 0 Å². The van der Waals surface area contributed by atoms with Gasteiger partial charge in [-0.1, -0.05) is 11.6 Å². The van der Waals surface area contributed by atoms with Gasteiger partial charge >= 0.3 is 0 Å². The van der Waals surface area contributed by atoms with Crippen LogP contribution in [-0.2, 0) is 0 Å². The molecule has 1 atom stereocenters. The first-order valence-electron chi connectivity index (χ1n) is 2.95. The summed E-state index contributed by atoms with van der Waals surface area (Å²) in [6.07, 6.45) is 0. The lowest BCUT2D eigenvalue weighted by atomic mass is 10.2. The summed E-state index contributed by atoms with van der Waals surface area (Å²) in [5, 5.41) is 7.80. The molecule has 0 aromatic carbocycles. The van der Waals surface area contributed by atoms with Gasteiger partial charge < -0.3 is 5.73 Å². The van der Waals surface area contributed by atoms with Crippen molar-refractivity contribution >= 4 is 11.6 Å². The van der Waals surface area contributed by atoms with Gasteiger partial charge in [0.05, 0.1) is 5.69 Å². The highest BCUT2D eigenvalue weighted by Gasteiger charge is 1.99. The number of rotatable bonds is 1. The second-order valence-electron chi connectivity index (χ2n) is 2.07. The molecule has 0 aliphatic rings. The summed E-state index contributed by atoms with van der Waals surface area (Å²) in [5.74, 6) is 0. The molecule has 54 valence electrons. The van der Waals surface area contributed by atoms with Crippen LogP contribution in [0.3, 0.4) is 0 Å². The fraction of sp³-hybridized carbons (Fsp3) is 0.333. The Hall–Kier alpha value is -0.670. The van der Waals surface area contributed by atoms with Crippen molar-refractivity contribution < 1.29 is 0 Å². The third-order valence-corrected chi connectivity index (χ3v) is 1.32. The molecular formula is C6H8ClN3. The topological polar surface area (TPSA) is 51.8 Å². The molecule has 1 rings (SSSR count). The molecule has 0 fully saturated rings. The Balaban J connectivity index is 2.89. The SMILES string of the molecule is CC(N)c1ccc(Cl)nn1. The van der Waals surface area contributed by atoms with Crippen LogP contribution in [0.25, 0.3) is 0 Å². The molecule has 0 saturated carbocycles. The van der Waals surface area contributed by atoms with Crippen molar-refractivity contribution in [3.63, 3.8) is 0 Å². The van der Waals surface area contributed by atoms with E-state index in [1.165, 1.54) is 0 Å². The van der Waals surface area contributed by atoms with E-state index in [9.17, 15) is 0 Å². The van der Waals surface area contributed by atoms with E-state index in [0.717, 1.165) is 5.69 Å². The van der Waals surface area contributed by atoms with Crippen molar-refractivity contribution in [3.8, 4) is 0 Å². The number of halogens is 1. The summed E-state index contributed by atoms with van der Waals surface area (Å²) in [4.78, 5) is 0. The lowest BCUT2D eigenvalue weighted by Gasteiger charge is -2.00. The molecule has 1 unspecified atom stereocenters. The van der Waals surface area contributed by atoms with Crippen LogP contribution >= 0.6 is 11.6 Å². The summed E-state index contributed by atoms with van der Waals surface area (Å²) in [6.45, 7) is 1.85. The van der Waals surface area contributed by atoms with Crippen LogP contribution in [0, 0.1) is 0 Å². The molecule has 0 aliphatic carbocycles. The van der Waals surface area contributed by atoms with Gasteiger partial charge in [-0.05, 0) is 19.1 Å². The van der Waals surface area contributed by atoms with Gasteiger partial charge in [-0.25, -0.2) is 0 Å². The van der Waals surface area contributed by atoms with E-state index in [-0.39, 0.29) is 6.04 Å². The molecule has 0 saturated heterocycles. The van der Waals surface area contributed by atoms with Crippen molar-refractivity contribution in [2.24, 2.45) is 5.73 Å². The predicted molar refractivity (Wildman–Crippen MR) is 39.6 cm³/mol. The maximum Gasteiger partial charge on any atom is 0.151 e. The molecule has 0 spiro atoms. The minimum absolute atomic E-state index is 0.0789. The van der Waals surface area contributed by atoms with Gasteiger partial charge in [-0.3, -0.25) is 0 Å². The lowest BCUT2D eigenvalue weighted by molar-refractivity contribution is 0.752. The number of hydrogen-bond acceptors (Lipinski definition) is 3. The third kappa shape index (κ3) is 1.65. The van der Waals surface area contributed by atoms with Gasteiger partial charge in [0.2, 0.25) is 0 Å². The maximum absolute atomic E-state index is 5.52. The maximum atomic E-state index is 5.52. The smallest absolute Gasteiger partial charge is 0.151 e. The Labute approximate surface area is 64.2 Å². The zero-order chi connectivity index (χ0) is 7.56. The molecule has 1 heterocycles. The molecule has 0 amide bonds. The van der Waals surface area contributed by atoms with Gasteiger partial charge in [0.1, 0.15) is 0 Å². The first-order chi connectivity index (χ1) is 4.70. The minimum atomic E-state index is -0.0789. The Morgan fingerprint density at radius 3 is 2.60 bits per heavy atom. The van der Waals surface area contributed by atoms with Crippen molar-refractivity contribution in [2.45, 2.75) is 13.0 Å². The van der Waals surface area contributed by atoms with E-state index < -0.39 is 0 Å². The van der Waals surface area contributed by atoms with Crippen LogP contribution in [-0.4, -0.2) is 10.2 Å². The molecule has 1 aromatic heterocycles. The molecule has 1 aromatic rings. The van der Waals surface area contributed by atoms with E-state index in [1.807, 2.05) is 6.92 Å². The zero-order valence-electron chi connectivity index (χ0n) is 5.58. The first-order valence-corrected chi connectivity index (χ1v) is 3.32. The third-order valence-electron chi connectivity index (χ3n) is 1.12. The second-order valence-corrected chi connectivity index (χ2v) is 2.46. The molecular weight excluding hydrogens is 150 g/mol. The molecule has 4 heteroatoms. The van der Waals surface area contributed by atoms with Gasteiger partial charge in [0, 0.05) is 6.04 Å². The normalized spacial score (nSPS) is 13.1. The minimum Gasteiger partial charge on any atom is -0.323 e. The fourth-order valence-electron chi connectivity index (χ4n) is 0.569. The second kappa shape index (κ2) is 2.94. The summed E-state index contributed by atoms with van der Waals surface area (Å²) < 4.78 is 0. The highest BCUT2D eigenvalue weighted by atomic mass is 35.5. The van der Waals surface area contributed by atoms with Crippen LogP contribution in [0.15, 0.2) is 12.1 Å². The van der Waals surface area contributed by atoms with E-state index in [4.69, 9.17) is 17.3 Å². The standard InChI is InChI=1S/C6H8ClN3/c1-4(8)5-2-3-6(7)10-9-5/h2-4H,8H2,1H3. The number of nitrogens with zero attached hydrogens (tertiary/aromatic N) is 2. The molecule has 0 radical (unpaired) electrons. The first kappa shape index (κ1) is 7.44. The molecule has 10 heavy (non-hydrogen) atoms. The molecule has 0 bridgehead atoms. The van der Waals surface area contributed by atoms with Crippen molar-refractivity contribution in [1.82, 2.24) is 10.2 Å². The average molecular weight is 158 g/mol. The van der Waals surface area contributed by atoms with E-state index >= 15 is 0 Å². The lowest BCUT2D eigenvalue weighted by Crippen LogP contribution is -2.07. The van der Waals surface area contributed by atoms with Crippen LogP contribution in [0.4, 0.5) is 0 Å². The fourth-order valence-corrected chi connectivity index (χ4v) is 0.670. The Bertz CT molecular complexity index is 207. The van der Waals surface area contributed by atoms with Gasteiger partial charge in [-0.2, -0.15) is 5.10 Å². The quantitative estimate of drug-likeness (QED) is 0.666. The van der Waals surface area contributed by atoms with Gasteiger partial charge in [-0.15, -0.1) is 5.10 Å². The zero-order valence-corrected chi connectivity index (χ0v) is 6.34. The predicted octanol–water partition coefficient (Wildman–Crippen LogP) is 1.15. The average Bonchev–Trinajstić information content (AvgIpc) is 1.88. The van der Waals surface area contributed by atoms with Crippen molar-refractivity contribution in [3.05, 3.63) is 23.0 Å². The van der Waals surface area contributed by atoms with E-state index in [2.05, 4.69) is 10.2 Å². The number of aromatic nitrogens is 2.